The molecule has 0 saturated carbocycles. The summed E-state index contributed by atoms with van der Waals surface area (Å²) in [4.78, 5) is 0. The lowest BCUT2D eigenvalue weighted by Crippen LogP contribution is -1.93. The Morgan fingerprint density at radius 3 is 2.65 bits per heavy atom. The lowest BCUT2D eigenvalue weighted by Gasteiger charge is -2.01. The molecule has 20 heavy (non-hydrogen) atoms. The Kier molecular flexibility index (Phi) is 3.54. The monoisotopic (exact) mass is 261 g/mol. The molecule has 0 bridgehead atoms. The second-order valence-corrected chi connectivity index (χ2v) is 4.66. The summed E-state index contributed by atoms with van der Waals surface area (Å²) in [6, 6.07) is 18.0. The summed E-state index contributed by atoms with van der Waals surface area (Å²) in [5, 5.41) is 10.3. The summed E-state index contributed by atoms with van der Waals surface area (Å²) in [7, 11) is 0. The molecule has 0 aliphatic rings. The van der Waals surface area contributed by atoms with Crippen LogP contribution in [-0.2, 0) is 13.2 Å². The fraction of sp³-hybridized carbons (Fsp3) is 0.111. The first-order valence-electron chi connectivity index (χ1n) is 6.59. The summed E-state index contributed by atoms with van der Waals surface area (Å²) in [5.41, 5.74) is 3.11. The van der Waals surface area contributed by atoms with Crippen molar-refractivity contribution in [1.82, 2.24) is 4.57 Å². The first-order valence-corrected chi connectivity index (χ1v) is 6.59. The van der Waals surface area contributed by atoms with Crippen LogP contribution in [0.3, 0.4) is 0 Å². The van der Waals surface area contributed by atoms with Crippen molar-refractivity contribution in [3.63, 3.8) is 0 Å². The van der Waals surface area contributed by atoms with Gasteiger partial charge in [0, 0.05) is 17.3 Å². The summed E-state index contributed by atoms with van der Waals surface area (Å²) >= 11 is 0. The van der Waals surface area contributed by atoms with Crippen molar-refractivity contribution >= 4 is 10.9 Å². The van der Waals surface area contributed by atoms with Crippen molar-refractivity contribution in [2.24, 2.45) is 0 Å². The molecule has 2 nitrogen and oxygen atoms in total. The van der Waals surface area contributed by atoms with Gasteiger partial charge in [-0.3, -0.25) is 0 Å². The Hall–Kier alpha value is -2.50. The Bertz CT molecular complexity index is 775. The van der Waals surface area contributed by atoms with E-state index < -0.39 is 0 Å². The SMILES string of the molecule is OCc1ccc2c(ccn2CC#Cc2ccccc2)c1. The Labute approximate surface area is 118 Å². The smallest absolute Gasteiger partial charge is 0.0841 e. The first kappa shape index (κ1) is 12.5. The van der Waals surface area contributed by atoms with Crippen molar-refractivity contribution < 1.29 is 5.11 Å². The number of aliphatic hydroxyl groups is 1. The van der Waals surface area contributed by atoms with E-state index in [1.807, 2.05) is 54.7 Å². The predicted molar refractivity (Wildman–Crippen MR) is 81.2 cm³/mol. The van der Waals surface area contributed by atoms with Gasteiger partial charge in [0.2, 0.25) is 0 Å². The van der Waals surface area contributed by atoms with E-state index in [-0.39, 0.29) is 6.61 Å². The molecular formula is C18H15NO. The highest BCUT2D eigenvalue weighted by Crippen LogP contribution is 2.17. The number of nitrogens with zero attached hydrogens (tertiary/aromatic N) is 1. The maximum atomic E-state index is 9.14. The minimum atomic E-state index is 0.0783. The fourth-order valence-electron chi connectivity index (χ4n) is 2.23. The number of benzene rings is 2. The van der Waals surface area contributed by atoms with Crippen molar-refractivity contribution in [1.29, 1.82) is 0 Å². The topological polar surface area (TPSA) is 25.2 Å². The molecule has 0 fully saturated rings. The van der Waals surface area contributed by atoms with Crippen LogP contribution < -0.4 is 0 Å². The molecule has 2 heteroatoms. The molecule has 0 aliphatic carbocycles. The number of rotatable bonds is 2. The molecule has 98 valence electrons. The van der Waals surface area contributed by atoms with Gasteiger partial charge in [0.15, 0.2) is 0 Å². The summed E-state index contributed by atoms with van der Waals surface area (Å²) in [6.07, 6.45) is 2.03. The van der Waals surface area contributed by atoms with Gasteiger partial charge >= 0.3 is 0 Å². The molecule has 2 aromatic carbocycles. The van der Waals surface area contributed by atoms with Gasteiger partial charge in [-0.1, -0.05) is 36.1 Å². The number of aliphatic hydroxyl groups excluding tert-OH is 1. The normalized spacial score (nSPS) is 10.2. The fourth-order valence-corrected chi connectivity index (χ4v) is 2.23. The minimum Gasteiger partial charge on any atom is -0.392 e. The van der Waals surface area contributed by atoms with E-state index in [2.05, 4.69) is 22.5 Å². The molecular weight excluding hydrogens is 246 g/mol. The van der Waals surface area contributed by atoms with Crippen molar-refractivity contribution in [2.75, 3.05) is 0 Å². The first-order chi connectivity index (χ1) is 9.86. The third-order valence-electron chi connectivity index (χ3n) is 3.27. The molecule has 0 radical (unpaired) electrons. The molecule has 0 saturated heterocycles. The van der Waals surface area contributed by atoms with Crippen LogP contribution in [-0.4, -0.2) is 9.67 Å². The molecule has 0 amide bonds. The highest BCUT2D eigenvalue weighted by atomic mass is 16.3. The quantitative estimate of drug-likeness (QED) is 0.704. The number of hydrogen-bond donors (Lipinski definition) is 1. The average molecular weight is 261 g/mol. The van der Waals surface area contributed by atoms with Crippen molar-refractivity contribution in [2.45, 2.75) is 13.2 Å². The van der Waals surface area contributed by atoms with E-state index in [1.165, 1.54) is 0 Å². The molecule has 0 atom stereocenters. The van der Waals surface area contributed by atoms with E-state index in [1.54, 1.807) is 0 Å². The van der Waals surface area contributed by atoms with Crippen LogP contribution in [0.15, 0.2) is 60.8 Å². The van der Waals surface area contributed by atoms with E-state index in [9.17, 15) is 0 Å². The van der Waals surface area contributed by atoms with Crippen LogP contribution in [0, 0.1) is 11.8 Å². The summed E-state index contributed by atoms with van der Waals surface area (Å²) < 4.78 is 2.12. The van der Waals surface area contributed by atoms with Crippen LogP contribution >= 0.6 is 0 Å². The lowest BCUT2D eigenvalue weighted by molar-refractivity contribution is 0.282. The second-order valence-electron chi connectivity index (χ2n) is 4.66. The largest absolute Gasteiger partial charge is 0.392 e. The van der Waals surface area contributed by atoms with Crippen molar-refractivity contribution in [3.05, 3.63) is 71.9 Å². The van der Waals surface area contributed by atoms with Gasteiger partial charge in [0.05, 0.1) is 13.2 Å². The minimum absolute atomic E-state index is 0.0783. The van der Waals surface area contributed by atoms with Gasteiger partial charge < -0.3 is 9.67 Å². The highest BCUT2D eigenvalue weighted by Gasteiger charge is 2.00. The zero-order chi connectivity index (χ0) is 13.8. The van der Waals surface area contributed by atoms with Gasteiger partial charge in [0.1, 0.15) is 0 Å². The van der Waals surface area contributed by atoms with Crippen LogP contribution in [0.4, 0.5) is 0 Å². The number of aromatic nitrogens is 1. The predicted octanol–water partition coefficient (Wildman–Crippen LogP) is 3.19. The Balaban J connectivity index is 1.84. The Morgan fingerprint density at radius 2 is 1.85 bits per heavy atom. The van der Waals surface area contributed by atoms with Crippen LogP contribution in [0.25, 0.3) is 10.9 Å². The highest BCUT2D eigenvalue weighted by molar-refractivity contribution is 5.81. The van der Waals surface area contributed by atoms with Crippen molar-refractivity contribution in [3.8, 4) is 11.8 Å². The summed E-state index contributed by atoms with van der Waals surface area (Å²) in [6.45, 7) is 0.742. The van der Waals surface area contributed by atoms with Crippen LogP contribution in [0.1, 0.15) is 11.1 Å². The molecule has 0 unspecified atom stereocenters. The van der Waals surface area contributed by atoms with Gasteiger partial charge in [-0.15, -0.1) is 0 Å². The zero-order valence-electron chi connectivity index (χ0n) is 11.1. The maximum absolute atomic E-state index is 9.14. The van der Waals surface area contributed by atoms with E-state index in [4.69, 9.17) is 5.11 Å². The van der Waals surface area contributed by atoms with Crippen LogP contribution in [0.5, 0.6) is 0 Å². The molecule has 1 aromatic heterocycles. The molecule has 0 spiro atoms. The lowest BCUT2D eigenvalue weighted by atomic mass is 10.2. The second kappa shape index (κ2) is 5.64. The standard InChI is InChI=1S/C18H15NO/c20-14-16-8-9-18-17(13-16)10-12-19(18)11-4-7-15-5-2-1-3-6-15/h1-3,5-6,8-10,12-13,20H,11,14H2. The Morgan fingerprint density at radius 1 is 1.00 bits per heavy atom. The van der Waals surface area contributed by atoms with Gasteiger partial charge in [-0.25, -0.2) is 0 Å². The third kappa shape index (κ3) is 2.59. The summed E-state index contributed by atoms with van der Waals surface area (Å²) in [5.74, 6) is 6.35. The van der Waals surface area contributed by atoms with Gasteiger partial charge in [-0.2, -0.15) is 0 Å². The van der Waals surface area contributed by atoms with Gasteiger partial charge in [-0.05, 0) is 41.3 Å². The third-order valence-corrected chi connectivity index (χ3v) is 3.27. The van der Waals surface area contributed by atoms with Crippen LogP contribution in [0.2, 0.25) is 0 Å². The van der Waals surface area contributed by atoms with E-state index in [0.29, 0.717) is 6.54 Å². The maximum Gasteiger partial charge on any atom is 0.0841 e. The molecule has 0 aliphatic heterocycles. The van der Waals surface area contributed by atoms with E-state index >= 15 is 0 Å². The average Bonchev–Trinajstić information content (AvgIpc) is 2.91. The molecule has 3 aromatic rings. The molecule has 1 heterocycles. The molecule has 3 rings (SSSR count). The number of hydrogen-bond acceptors (Lipinski definition) is 1. The zero-order valence-corrected chi connectivity index (χ0v) is 11.1. The number of fused-ring (bicyclic) bond motifs is 1. The van der Waals surface area contributed by atoms with Gasteiger partial charge in [0.25, 0.3) is 0 Å². The molecule has 1 N–H and O–H groups in total. The van der Waals surface area contributed by atoms with E-state index in [0.717, 1.165) is 22.0 Å².